The fourth-order valence-corrected chi connectivity index (χ4v) is 4.58. The topological polar surface area (TPSA) is 0 Å². The van der Waals surface area contributed by atoms with Crippen molar-refractivity contribution in [3.05, 3.63) is 0 Å². The Morgan fingerprint density at radius 3 is 2.38 bits per heavy atom. The number of hydrogen-bond acceptors (Lipinski definition) is 2. The van der Waals surface area contributed by atoms with Crippen molar-refractivity contribution in [2.24, 2.45) is 0 Å². The molecule has 1 saturated heterocycles. The molecule has 0 aromatic heterocycles. The summed E-state index contributed by atoms with van der Waals surface area (Å²) in [6.45, 7) is 0. The van der Waals surface area contributed by atoms with Crippen LogP contribution in [0.2, 0.25) is 10.6 Å². The molecule has 0 aliphatic carbocycles. The van der Waals surface area contributed by atoms with E-state index in [1.165, 1.54) is 17.1 Å². The molecule has 1 rings (SSSR count). The van der Waals surface area contributed by atoms with Crippen LogP contribution in [0.15, 0.2) is 0 Å². The van der Waals surface area contributed by atoms with Crippen LogP contribution in [-0.2, 0) is 0 Å². The summed E-state index contributed by atoms with van der Waals surface area (Å²) in [6.07, 6.45) is 1.29. The third kappa shape index (κ3) is 1.87. The zero-order valence-electron chi connectivity index (χ0n) is 4.58. The van der Waals surface area contributed by atoms with Crippen LogP contribution in [0.3, 0.4) is 0 Å². The molecule has 48 valence electrons. The number of hydrogen-bond donors (Lipinski definition) is 2. The van der Waals surface area contributed by atoms with Gasteiger partial charge in [-0.05, 0) is 0 Å². The molecule has 0 aromatic carbocycles. The fraction of sp³-hybridized carbons (Fsp3) is 1.00. The standard InChI is InChI=1S/C5H10S2Se/c6-4-1-2-8-3-5(4)7/h4-7H,1-3H2. The summed E-state index contributed by atoms with van der Waals surface area (Å²) < 4.78 is 0. The van der Waals surface area contributed by atoms with Gasteiger partial charge in [0.05, 0.1) is 0 Å². The van der Waals surface area contributed by atoms with Gasteiger partial charge < -0.3 is 0 Å². The van der Waals surface area contributed by atoms with Gasteiger partial charge in [-0.3, -0.25) is 0 Å². The molecule has 0 bridgehead atoms. The Morgan fingerprint density at radius 2 is 2.00 bits per heavy atom. The molecular formula is C5H10S2Se. The van der Waals surface area contributed by atoms with Crippen LogP contribution in [0.5, 0.6) is 0 Å². The van der Waals surface area contributed by atoms with Crippen LogP contribution in [0.25, 0.3) is 0 Å². The van der Waals surface area contributed by atoms with Crippen molar-refractivity contribution in [1.82, 2.24) is 0 Å². The summed E-state index contributed by atoms with van der Waals surface area (Å²) in [6, 6.07) is 0. The summed E-state index contributed by atoms with van der Waals surface area (Å²) in [7, 11) is 0. The molecule has 0 N–H and O–H groups in total. The van der Waals surface area contributed by atoms with E-state index in [0.29, 0.717) is 10.5 Å². The van der Waals surface area contributed by atoms with Gasteiger partial charge in [0.2, 0.25) is 0 Å². The maximum atomic E-state index is 4.40. The van der Waals surface area contributed by atoms with Crippen molar-refractivity contribution in [3.63, 3.8) is 0 Å². The van der Waals surface area contributed by atoms with Gasteiger partial charge in [0.1, 0.15) is 0 Å². The van der Waals surface area contributed by atoms with Gasteiger partial charge in [0.15, 0.2) is 0 Å². The van der Waals surface area contributed by atoms with Crippen molar-refractivity contribution in [2.45, 2.75) is 27.6 Å². The molecule has 1 fully saturated rings. The van der Waals surface area contributed by atoms with Gasteiger partial charge in [-0.15, -0.1) is 0 Å². The zero-order chi connectivity index (χ0) is 5.98. The summed E-state index contributed by atoms with van der Waals surface area (Å²) >= 11 is 9.67. The molecule has 0 amide bonds. The Labute approximate surface area is 67.8 Å². The molecule has 1 heterocycles. The van der Waals surface area contributed by atoms with Crippen molar-refractivity contribution >= 4 is 40.2 Å². The minimum absolute atomic E-state index is 0.578. The van der Waals surface area contributed by atoms with Crippen LogP contribution < -0.4 is 0 Å². The van der Waals surface area contributed by atoms with Gasteiger partial charge in [-0.2, -0.15) is 0 Å². The molecule has 0 aromatic rings. The van der Waals surface area contributed by atoms with E-state index in [4.69, 9.17) is 0 Å². The summed E-state index contributed by atoms with van der Waals surface area (Å²) in [4.78, 5) is 0. The van der Waals surface area contributed by atoms with E-state index in [9.17, 15) is 0 Å². The Bertz CT molecular complexity index is 66.8. The number of rotatable bonds is 0. The third-order valence-electron chi connectivity index (χ3n) is 1.29. The van der Waals surface area contributed by atoms with Gasteiger partial charge >= 0.3 is 67.8 Å². The van der Waals surface area contributed by atoms with E-state index in [0.717, 1.165) is 15.0 Å². The van der Waals surface area contributed by atoms with Crippen molar-refractivity contribution in [3.8, 4) is 0 Å². The van der Waals surface area contributed by atoms with E-state index in [1.807, 2.05) is 0 Å². The Morgan fingerprint density at radius 1 is 1.25 bits per heavy atom. The molecule has 1 aliphatic rings. The van der Waals surface area contributed by atoms with Crippen LogP contribution in [0, 0.1) is 0 Å². The Balaban J connectivity index is 2.28. The van der Waals surface area contributed by atoms with Gasteiger partial charge in [-0.1, -0.05) is 0 Å². The zero-order valence-corrected chi connectivity index (χ0v) is 8.08. The fourth-order valence-electron chi connectivity index (χ4n) is 0.712. The normalized spacial score (nSPS) is 39.8. The van der Waals surface area contributed by atoms with Gasteiger partial charge in [-0.25, -0.2) is 0 Å². The van der Waals surface area contributed by atoms with Gasteiger partial charge in [0.25, 0.3) is 0 Å². The quantitative estimate of drug-likeness (QED) is 0.442. The summed E-state index contributed by atoms with van der Waals surface area (Å²) in [5, 5.41) is 3.91. The molecule has 2 unspecified atom stereocenters. The number of thiol groups is 2. The van der Waals surface area contributed by atoms with E-state index < -0.39 is 0 Å². The second-order valence-electron chi connectivity index (χ2n) is 2.00. The molecular weight excluding hydrogens is 203 g/mol. The first kappa shape index (κ1) is 7.33. The van der Waals surface area contributed by atoms with Crippen LogP contribution in [0.1, 0.15) is 6.42 Å². The maximum absolute atomic E-state index is 4.40. The first-order valence-corrected chi connectivity index (χ1v) is 6.20. The van der Waals surface area contributed by atoms with Crippen LogP contribution in [0.4, 0.5) is 0 Å². The summed E-state index contributed by atoms with van der Waals surface area (Å²) in [5.41, 5.74) is 0. The second-order valence-corrected chi connectivity index (χ2v) is 5.74. The predicted molar refractivity (Wildman–Crippen MR) is 45.5 cm³/mol. The minimum atomic E-state index is 0.578. The van der Waals surface area contributed by atoms with Crippen molar-refractivity contribution < 1.29 is 0 Å². The molecule has 0 nitrogen and oxygen atoms in total. The molecule has 0 saturated carbocycles. The van der Waals surface area contributed by atoms with Gasteiger partial charge in [0, 0.05) is 0 Å². The summed E-state index contributed by atoms with van der Waals surface area (Å²) in [5.74, 6) is 0. The molecule has 1 aliphatic heterocycles. The molecule has 8 heavy (non-hydrogen) atoms. The van der Waals surface area contributed by atoms with E-state index in [2.05, 4.69) is 25.3 Å². The van der Waals surface area contributed by atoms with Crippen LogP contribution in [-0.4, -0.2) is 25.5 Å². The SMILES string of the molecule is SC1CC[Se]CC1S. The van der Waals surface area contributed by atoms with Crippen molar-refractivity contribution in [1.29, 1.82) is 0 Å². The Hall–Kier alpha value is 1.22. The predicted octanol–water partition coefficient (Wildman–Crippen LogP) is 1.53. The Kier molecular flexibility index (Phi) is 3.12. The molecule has 2 atom stereocenters. The monoisotopic (exact) mass is 214 g/mol. The second kappa shape index (κ2) is 3.40. The van der Waals surface area contributed by atoms with E-state index in [1.54, 1.807) is 0 Å². The first-order valence-electron chi connectivity index (χ1n) is 2.74. The third-order valence-corrected chi connectivity index (χ3v) is 5.59. The first-order chi connectivity index (χ1) is 3.80. The molecule has 0 spiro atoms. The van der Waals surface area contributed by atoms with E-state index in [-0.39, 0.29) is 0 Å². The molecule has 3 heteroatoms. The average molecular weight is 213 g/mol. The average Bonchev–Trinajstić information content (AvgIpc) is 1.77. The van der Waals surface area contributed by atoms with Crippen molar-refractivity contribution in [2.75, 3.05) is 0 Å². The van der Waals surface area contributed by atoms with Crippen LogP contribution >= 0.6 is 25.3 Å². The van der Waals surface area contributed by atoms with E-state index >= 15 is 0 Å². The molecule has 0 radical (unpaired) electrons.